The molecule has 2 heterocycles. The van der Waals surface area contributed by atoms with Crippen molar-refractivity contribution in [2.75, 3.05) is 5.32 Å². The molecule has 1 aromatic carbocycles. The van der Waals surface area contributed by atoms with Crippen LogP contribution in [0.1, 0.15) is 38.1 Å². The van der Waals surface area contributed by atoms with Gasteiger partial charge in [0.05, 0.1) is 11.2 Å². The highest BCUT2D eigenvalue weighted by atomic mass is 35.5. The van der Waals surface area contributed by atoms with Crippen molar-refractivity contribution in [2.45, 2.75) is 38.9 Å². The fraction of sp³-hybridized carbons (Fsp3) is 0.333. The molecule has 0 aliphatic carbocycles. The van der Waals surface area contributed by atoms with Crippen LogP contribution in [0.15, 0.2) is 36.5 Å². The van der Waals surface area contributed by atoms with Gasteiger partial charge in [-0.1, -0.05) is 17.7 Å². The Morgan fingerprint density at radius 2 is 1.81 bits per heavy atom. The molecule has 0 atom stereocenters. The monoisotopic (exact) mass is 376 g/mol. The molecule has 2 aromatic rings. The van der Waals surface area contributed by atoms with E-state index in [2.05, 4.69) is 10.3 Å². The summed E-state index contributed by atoms with van der Waals surface area (Å²) in [4.78, 5) is 16.3. The Bertz CT molecular complexity index is 844. The van der Waals surface area contributed by atoms with Crippen molar-refractivity contribution in [2.24, 2.45) is 0 Å². The highest BCUT2D eigenvalue weighted by Crippen LogP contribution is 2.36. The van der Waals surface area contributed by atoms with E-state index < -0.39 is 30.0 Å². The largest absolute Gasteiger partial charge is 0.497 e. The Kier molecular flexibility index (Phi) is 4.81. The van der Waals surface area contributed by atoms with Crippen LogP contribution in [0.25, 0.3) is 0 Å². The summed E-state index contributed by atoms with van der Waals surface area (Å²) in [6, 6.07) is 7.27. The predicted octanol–water partition coefficient (Wildman–Crippen LogP) is 3.43. The van der Waals surface area contributed by atoms with E-state index in [-0.39, 0.29) is 16.8 Å². The number of anilines is 1. The number of benzene rings is 1. The van der Waals surface area contributed by atoms with E-state index >= 15 is 0 Å². The Morgan fingerprint density at radius 1 is 1.15 bits per heavy atom. The van der Waals surface area contributed by atoms with Gasteiger partial charge in [0.15, 0.2) is 0 Å². The standard InChI is InChI=1S/C18H19BClFN2O3/c1-17(2)18(3,4)26-19(25-17)13-6-5-11(9-14(13)21)16(24)23-15-10-12(20)7-8-22-15/h5-10H,1-4H3,(H,22,23,24). The number of rotatable bonds is 3. The second-order valence-electron chi connectivity index (χ2n) is 7.14. The van der Waals surface area contributed by atoms with E-state index in [0.29, 0.717) is 5.02 Å². The van der Waals surface area contributed by atoms with Crippen molar-refractivity contribution in [3.05, 3.63) is 52.9 Å². The lowest BCUT2D eigenvalue weighted by Crippen LogP contribution is -2.41. The third-order valence-electron chi connectivity index (χ3n) is 4.73. The zero-order valence-corrected chi connectivity index (χ0v) is 15.7. The highest BCUT2D eigenvalue weighted by molar-refractivity contribution is 6.62. The number of halogens is 2. The number of nitrogens with one attached hydrogen (secondary N) is 1. The van der Waals surface area contributed by atoms with Crippen LogP contribution in [-0.4, -0.2) is 29.2 Å². The molecule has 8 heteroatoms. The molecule has 0 radical (unpaired) electrons. The van der Waals surface area contributed by atoms with Crippen LogP contribution in [0, 0.1) is 5.82 Å². The molecule has 1 N–H and O–H groups in total. The quantitative estimate of drug-likeness (QED) is 0.834. The average Bonchev–Trinajstić information content (AvgIpc) is 2.75. The van der Waals surface area contributed by atoms with Crippen molar-refractivity contribution in [1.82, 2.24) is 4.98 Å². The van der Waals surface area contributed by atoms with Gasteiger partial charge < -0.3 is 14.6 Å². The number of carbonyl (C=O) groups excluding carboxylic acids is 1. The van der Waals surface area contributed by atoms with Crippen LogP contribution < -0.4 is 10.8 Å². The Labute approximate surface area is 157 Å². The molecular weight excluding hydrogens is 357 g/mol. The Morgan fingerprint density at radius 3 is 2.38 bits per heavy atom. The van der Waals surface area contributed by atoms with Crippen molar-refractivity contribution in [3.63, 3.8) is 0 Å². The predicted molar refractivity (Wildman–Crippen MR) is 99.3 cm³/mol. The molecule has 136 valence electrons. The molecule has 3 rings (SSSR count). The third-order valence-corrected chi connectivity index (χ3v) is 4.97. The van der Waals surface area contributed by atoms with Crippen LogP contribution in [-0.2, 0) is 9.31 Å². The first-order valence-corrected chi connectivity index (χ1v) is 8.55. The summed E-state index contributed by atoms with van der Waals surface area (Å²) in [6.07, 6.45) is 1.47. The molecule has 5 nitrogen and oxygen atoms in total. The molecular formula is C18H19BClFN2O3. The summed E-state index contributed by atoms with van der Waals surface area (Å²) in [5.41, 5.74) is -0.734. The van der Waals surface area contributed by atoms with Gasteiger partial charge in [-0.15, -0.1) is 0 Å². The molecule has 0 spiro atoms. The van der Waals surface area contributed by atoms with Gasteiger partial charge in [-0.25, -0.2) is 9.37 Å². The Balaban J connectivity index is 1.79. The number of carbonyl (C=O) groups is 1. The summed E-state index contributed by atoms with van der Waals surface area (Å²) < 4.78 is 26.3. The van der Waals surface area contributed by atoms with Gasteiger partial charge in [-0.3, -0.25) is 4.79 Å². The topological polar surface area (TPSA) is 60.5 Å². The maximum Gasteiger partial charge on any atom is 0.497 e. The van der Waals surface area contributed by atoms with Gasteiger partial charge >= 0.3 is 7.12 Å². The molecule has 0 bridgehead atoms. The van der Waals surface area contributed by atoms with E-state index in [0.717, 1.165) is 6.07 Å². The van der Waals surface area contributed by atoms with Gasteiger partial charge in [0.1, 0.15) is 11.6 Å². The van der Waals surface area contributed by atoms with Crippen LogP contribution in [0.5, 0.6) is 0 Å². The van der Waals surface area contributed by atoms with Crippen LogP contribution >= 0.6 is 11.6 Å². The maximum atomic E-state index is 14.6. The minimum absolute atomic E-state index is 0.157. The van der Waals surface area contributed by atoms with Crippen molar-refractivity contribution in [1.29, 1.82) is 0 Å². The zero-order valence-electron chi connectivity index (χ0n) is 15.0. The zero-order chi connectivity index (χ0) is 19.1. The molecule has 1 amide bonds. The molecule has 1 fully saturated rings. The first-order chi connectivity index (χ1) is 12.1. The van der Waals surface area contributed by atoms with Gasteiger partial charge in [0.25, 0.3) is 5.91 Å². The molecule has 1 aromatic heterocycles. The van der Waals surface area contributed by atoms with Gasteiger partial charge in [0, 0.05) is 22.2 Å². The fourth-order valence-corrected chi connectivity index (χ4v) is 2.65. The van der Waals surface area contributed by atoms with Crippen LogP contribution in [0.2, 0.25) is 5.02 Å². The molecule has 1 aliphatic heterocycles. The minimum Gasteiger partial charge on any atom is -0.399 e. The summed E-state index contributed by atoms with van der Waals surface area (Å²) >= 11 is 5.86. The second kappa shape index (κ2) is 6.65. The van der Waals surface area contributed by atoms with Crippen molar-refractivity contribution < 1.29 is 18.5 Å². The Hall–Kier alpha value is -1.96. The van der Waals surface area contributed by atoms with E-state index in [4.69, 9.17) is 20.9 Å². The lowest BCUT2D eigenvalue weighted by atomic mass is 9.78. The lowest BCUT2D eigenvalue weighted by molar-refractivity contribution is 0.00578. The van der Waals surface area contributed by atoms with Crippen LogP contribution in [0.4, 0.5) is 10.2 Å². The molecule has 0 saturated carbocycles. The van der Waals surface area contributed by atoms with E-state index in [1.54, 1.807) is 6.07 Å². The number of amides is 1. The van der Waals surface area contributed by atoms with Crippen molar-refractivity contribution in [3.8, 4) is 0 Å². The normalized spacial score (nSPS) is 18.0. The number of hydrogen-bond donors (Lipinski definition) is 1. The van der Waals surface area contributed by atoms with Gasteiger partial charge in [0.2, 0.25) is 0 Å². The first-order valence-electron chi connectivity index (χ1n) is 8.17. The SMILES string of the molecule is CC1(C)OB(c2ccc(C(=O)Nc3cc(Cl)ccn3)cc2F)OC1(C)C. The van der Waals surface area contributed by atoms with E-state index in [1.807, 2.05) is 27.7 Å². The van der Waals surface area contributed by atoms with Gasteiger partial charge in [-0.05, 0) is 52.0 Å². The summed E-state index contributed by atoms with van der Waals surface area (Å²) in [6.45, 7) is 7.57. The fourth-order valence-electron chi connectivity index (χ4n) is 2.49. The number of hydrogen-bond acceptors (Lipinski definition) is 4. The number of nitrogens with zero attached hydrogens (tertiary/aromatic N) is 1. The van der Waals surface area contributed by atoms with E-state index in [1.165, 1.54) is 24.4 Å². The summed E-state index contributed by atoms with van der Waals surface area (Å²) in [7, 11) is -0.827. The van der Waals surface area contributed by atoms with Crippen LogP contribution in [0.3, 0.4) is 0 Å². The van der Waals surface area contributed by atoms with Gasteiger partial charge in [-0.2, -0.15) is 0 Å². The molecule has 0 unspecified atom stereocenters. The van der Waals surface area contributed by atoms with E-state index in [9.17, 15) is 9.18 Å². The first kappa shape index (κ1) is 18.8. The number of aromatic nitrogens is 1. The summed E-state index contributed by atoms with van der Waals surface area (Å²) in [5.74, 6) is -0.771. The molecule has 1 saturated heterocycles. The average molecular weight is 377 g/mol. The molecule has 1 aliphatic rings. The lowest BCUT2D eigenvalue weighted by Gasteiger charge is -2.32. The smallest absolute Gasteiger partial charge is 0.399 e. The number of pyridine rings is 1. The molecule has 26 heavy (non-hydrogen) atoms. The third kappa shape index (κ3) is 3.60. The minimum atomic E-state index is -0.827. The van der Waals surface area contributed by atoms with Crippen molar-refractivity contribution >= 4 is 35.9 Å². The highest BCUT2D eigenvalue weighted by Gasteiger charge is 2.52. The summed E-state index contributed by atoms with van der Waals surface area (Å²) in [5, 5.41) is 3.02. The maximum absolute atomic E-state index is 14.6. The second-order valence-corrected chi connectivity index (χ2v) is 7.57.